The highest BCUT2D eigenvalue weighted by molar-refractivity contribution is 6.13. The molecule has 29 heavy (non-hydrogen) atoms. The van der Waals surface area contributed by atoms with Crippen LogP contribution in [0.3, 0.4) is 0 Å². The van der Waals surface area contributed by atoms with E-state index < -0.39 is 0 Å². The van der Waals surface area contributed by atoms with E-state index in [2.05, 4.69) is 10.2 Å². The zero-order valence-corrected chi connectivity index (χ0v) is 17.3. The lowest BCUT2D eigenvalue weighted by Crippen LogP contribution is -2.51. The Hall–Kier alpha value is -1.89. The molecule has 0 amide bonds. The van der Waals surface area contributed by atoms with Crippen LogP contribution in [0.5, 0.6) is 0 Å². The Morgan fingerprint density at radius 1 is 0.966 bits per heavy atom. The minimum absolute atomic E-state index is 0.0582. The second-order valence-corrected chi connectivity index (χ2v) is 8.77. The first kappa shape index (κ1) is 20.4. The van der Waals surface area contributed by atoms with Gasteiger partial charge in [-0.2, -0.15) is 0 Å². The SMILES string of the molecule is COC(=O)C1CCC(NC2=C(N3CCOCC3)C(=O)C3CCCCC3C2=O)CC1. The van der Waals surface area contributed by atoms with E-state index in [-0.39, 0.29) is 41.3 Å². The van der Waals surface area contributed by atoms with Crippen LogP contribution in [0.2, 0.25) is 0 Å². The fraction of sp³-hybridized carbons (Fsp3) is 0.773. The molecule has 4 rings (SSSR count). The molecule has 0 aromatic carbocycles. The van der Waals surface area contributed by atoms with E-state index in [1.54, 1.807) is 0 Å². The third kappa shape index (κ3) is 4.06. The summed E-state index contributed by atoms with van der Waals surface area (Å²) >= 11 is 0. The molecule has 7 heteroatoms. The Bertz CT molecular complexity index is 689. The van der Waals surface area contributed by atoms with Crippen LogP contribution in [-0.2, 0) is 23.9 Å². The molecule has 0 bridgehead atoms. The third-order valence-corrected chi connectivity index (χ3v) is 7.09. The Kier molecular flexibility index (Phi) is 6.23. The van der Waals surface area contributed by atoms with Crippen LogP contribution in [0, 0.1) is 17.8 Å². The van der Waals surface area contributed by atoms with Gasteiger partial charge in [0.25, 0.3) is 0 Å². The van der Waals surface area contributed by atoms with Gasteiger partial charge in [-0.1, -0.05) is 12.8 Å². The summed E-state index contributed by atoms with van der Waals surface area (Å²) in [4.78, 5) is 40.7. The zero-order valence-electron chi connectivity index (χ0n) is 17.3. The molecule has 2 atom stereocenters. The second-order valence-electron chi connectivity index (χ2n) is 8.77. The second kappa shape index (κ2) is 8.86. The topological polar surface area (TPSA) is 84.9 Å². The quantitative estimate of drug-likeness (QED) is 0.715. The van der Waals surface area contributed by atoms with Gasteiger partial charge in [-0.05, 0) is 38.5 Å². The van der Waals surface area contributed by atoms with Crippen molar-refractivity contribution in [1.29, 1.82) is 0 Å². The molecule has 1 heterocycles. The van der Waals surface area contributed by atoms with Crippen molar-refractivity contribution in [3.63, 3.8) is 0 Å². The molecule has 0 aromatic heterocycles. The number of methoxy groups -OCH3 is 1. The number of allylic oxidation sites excluding steroid dienone is 2. The van der Waals surface area contributed by atoms with Crippen LogP contribution in [0.4, 0.5) is 0 Å². The molecule has 1 saturated heterocycles. The predicted octanol–water partition coefficient (Wildman–Crippen LogP) is 1.81. The van der Waals surface area contributed by atoms with Crippen LogP contribution in [0.25, 0.3) is 0 Å². The normalized spacial score (nSPS) is 33.3. The minimum Gasteiger partial charge on any atom is -0.469 e. The lowest BCUT2D eigenvalue weighted by molar-refractivity contribution is -0.146. The van der Waals surface area contributed by atoms with Crippen LogP contribution in [0.15, 0.2) is 11.4 Å². The number of fused-ring (bicyclic) bond motifs is 1. The number of hydrogen-bond donors (Lipinski definition) is 1. The lowest BCUT2D eigenvalue weighted by atomic mass is 9.69. The molecular weight excluding hydrogens is 372 g/mol. The van der Waals surface area contributed by atoms with Crippen molar-refractivity contribution in [2.75, 3.05) is 33.4 Å². The summed E-state index contributed by atoms with van der Waals surface area (Å²) in [6, 6.07) is 0.110. The van der Waals surface area contributed by atoms with Gasteiger partial charge in [0.1, 0.15) is 11.4 Å². The highest BCUT2D eigenvalue weighted by atomic mass is 16.5. The maximum atomic E-state index is 13.4. The highest BCUT2D eigenvalue weighted by Gasteiger charge is 2.46. The molecule has 4 aliphatic rings. The number of carbonyl (C=O) groups is 3. The Morgan fingerprint density at radius 2 is 1.59 bits per heavy atom. The maximum Gasteiger partial charge on any atom is 0.308 e. The van der Waals surface area contributed by atoms with Crippen molar-refractivity contribution in [1.82, 2.24) is 10.2 Å². The van der Waals surface area contributed by atoms with Crippen LogP contribution in [-0.4, -0.2) is 61.9 Å². The molecule has 1 N–H and O–H groups in total. The molecule has 0 aromatic rings. The van der Waals surface area contributed by atoms with Crippen molar-refractivity contribution in [2.45, 2.75) is 57.4 Å². The summed E-state index contributed by atoms with van der Waals surface area (Å²) < 4.78 is 10.3. The number of rotatable bonds is 4. The summed E-state index contributed by atoms with van der Waals surface area (Å²) in [6.45, 7) is 2.45. The van der Waals surface area contributed by atoms with Gasteiger partial charge >= 0.3 is 5.97 Å². The first-order valence-electron chi connectivity index (χ1n) is 11.1. The molecule has 0 radical (unpaired) electrons. The first-order valence-corrected chi connectivity index (χ1v) is 11.1. The molecule has 7 nitrogen and oxygen atoms in total. The Labute approximate surface area is 172 Å². The fourth-order valence-electron chi connectivity index (χ4n) is 5.44. The van der Waals surface area contributed by atoms with Crippen molar-refractivity contribution in [3.8, 4) is 0 Å². The molecule has 2 unspecified atom stereocenters. The molecule has 1 aliphatic heterocycles. The molecular formula is C22H32N2O5. The van der Waals surface area contributed by atoms with E-state index in [0.29, 0.717) is 37.7 Å². The van der Waals surface area contributed by atoms with Crippen molar-refractivity contribution < 1.29 is 23.9 Å². The Balaban J connectivity index is 1.57. The van der Waals surface area contributed by atoms with E-state index in [0.717, 1.165) is 51.4 Å². The van der Waals surface area contributed by atoms with Gasteiger partial charge in [-0.15, -0.1) is 0 Å². The molecule has 2 saturated carbocycles. The van der Waals surface area contributed by atoms with Gasteiger partial charge in [-0.3, -0.25) is 14.4 Å². The number of nitrogens with one attached hydrogen (secondary N) is 1. The summed E-state index contributed by atoms with van der Waals surface area (Å²) in [5, 5.41) is 3.47. The van der Waals surface area contributed by atoms with Crippen LogP contribution in [0.1, 0.15) is 51.4 Å². The van der Waals surface area contributed by atoms with Gasteiger partial charge < -0.3 is 19.7 Å². The van der Waals surface area contributed by atoms with Gasteiger partial charge in [-0.25, -0.2) is 0 Å². The standard InChI is InChI=1S/C22H32N2O5/c1-28-22(27)14-6-8-15(9-7-14)23-18-19(24-10-12-29-13-11-24)21(26)17-5-3-2-4-16(17)20(18)25/h14-17,23H,2-13H2,1H3. The Morgan fingerprint density at radius 3 is 2.21 bits per heavy atom. The van der Waals surface area contributed by atoms with Crippen molar-refractivity contribution >= 4 is 17.5 Å². The number of ether oxygens (including phenoxy) is 2. The lowest BCUT2D eigenvalue weighted by Gasteiger charge is -2.41. The van der Waals surface area contributed by atoms with Gasteiger partial charge in [0.2, 0.25) is 0 Å². The van der Waals surface area contributed by atoms with E-state index in [9.17, 15) is 14.4 Å². The maximum absolute atomic E-state index is 13.4. The van der Waals surface area contributed by atoms with Crippen molar-refractivity contribution in [3.05, 3.63) is 11.4 Å². The van der Waals surface area contributed by atoms with Crippen molar-refractivity contribution in [2.24, 2.45) is 17.8 Å². The van der Waals surface area contributed by atoms with Gasteiger partial charge in [0.05, 0.1) is 26.2 Å². The van der Waals surface area contributed by atoms with E-state index in [4.69, 9.17) is 9.47 Å². The number of esters is 1. The van der Waals surface area contributed by atoms with Crippen LogP contribution >= 0.6 is 0 Å². The highest BCUT2D eigenvalue weighted by Crippen LogP contribution is 2.40. The molecule has 160 valence electrons. The summed E-state index contributed by atoms with van der Waals surface area (Å²) in [5.74, 6) is -0.278. The number of nitrogens with zero attached hydrogens (tertiary/aromatic N) is 1. The number of carbonyl (C=O) groups excluding carboxylic acids is 3. The van der Waals surface area contributed by atoms with Crippen LogP contribution < -0.4 is 5.32 Å². The summed E-state index contributed by atoms with van der Waals surface area (Å²) in [7, 11) is 1.43. The van der Waals surface area contributed by atoms with Gasteiger partial charge in [0.15, 0.2) is 11.6 Å². The first-order chi connectivity index (χ1) is 14.1. The molecule has 0 spiro atoms. The monoisotopic (exact) mass is 404 g/mol. The minimum atomic E-state index is -0.171. The summed E-state index contributed by atoms with van der Waals surface area (Å²) in [6.07, 6.45) is 6.77. The average molecular weight is 405 g/mol. The number of ketones is 2. The summed E-state index contributed by atoms with van der Waals surface area (Å²) in [5.41, 5.74) is 1.12. The largest absolute Gasteiger partial charge is 0.469 e. The molecule has 3 fully saturated rings. The van der Waals surface area contributed by atoms with E-state index in [1.807, 2.05) is 0 Å². The fourth-order valence-corrected chi connectivity index (χ4v) is 5.44. The number of Topliss-reactive ketones (excluding diaryl/α,β-unsaturated/α-hetero) is 2. The van der Waals surface area contributed by atoms with Gasteiger partial charge in [0, 0.05) is 31.0 Å². The number of hydrogen-bond acceptors (Lipinski definition) is 7. The van der Waals surface area contributed by atoms with E-state index >= 15 is 0 Å². The average Bonchev–Trinajstić information content (AvgIpc) is 2.78. The smallest absolute Gasteiger partial charge is 0.308 e. The number of morpholine rings is 1. The van der Waals surface area contributed by atoms with E-state index in [1.165, 1.54) is 7.11 Å². The predicted molar refractivity (Wildman–Crippen MR) is 106 cm³/mol. The molecule has 3 aliphatic carbocycles. The zero-order chi connectivity index (χ0) is 20.4. The third-order valence-electron chi connectivity index (χ3n) is 7.09.